The second kappa shape index (κ2) is 6.47. The first kappa shape index (κ1) is 13.8. The lowest BCUT2D eigenvalue weighted by atomic mass is 10.2. The molecule has 1 aliphatic heterocycles. The highest BCUT2D eigenvalue weighted by Gasteiger charge is 2.15. The lowest BCUT2D eigenvalue weighted by Gasteiger charge is -2.03. The second-order valence-corrected chi connectivity index (χ2v) is 4.56. The molecule has 1 heterocycles. The van der Waals surface area contributed by atoms with Gasteiger partial charge in [0.15, 0.2) is 0 Å². The number of halogens is 3. The molecule has 0 unspecified atom stereocenters. The Hall–Kier alpha value is -0.260. The van der Waals surface area contributed by atoms with E-state index in [1.807, 2.05) is 0 Å². The van der Waals surface area contributed by atoms with E-state index < -0.39 is 0 Å². The molecular weight excluding hydrogens is 315 g/mol. The molecule has 0 bridgehead atoms. The lowest BCUT2D eigenvalue weighted by Crippen LogP contribution is -3.00. The normalized spacial score (nSPS) is 14.0. The third kappa shape index (κ3) is 3.37. The molecule has 0 saturated carbocycles. The van der Waals surface area contributed by atoms with Crippen molar-refractivity contribution in [2.24, 2.45) is 0 Å². The Balaban J connectivity index is 0.00000128. The Morgan fingerprint density at radius 3 is 2.94 bits per heavy atom. The smallest absolute Gasteiger partial charge is 0.304 e. The standard InChI is InChI=1S/C10H10ClFN2S.BrH/c11-8-2-1-3-9(12)7(8)6-15-10-13-4-5-14-10;/h1-3H,4-6H2,(H,13,14);1H. The van der Waals surface area contributed by atoms with E-state index in [0.717, 1.165) is 18.3 Å². The van der Waals surface area contributed by atoms with Crippen LogP contribution in [0.25, 0.3) is 0 Å². The molecule has 88 valence electrons. The average molecular weight is 326 g/mol. The van der Waals surface area contributed by atoms with Crippen LogP contribution >= 0.6 is 23.4 Å². The van der Waals surface area contributed by atoms with Crippen molar-refractivity contribution in [3.05, 3.63) is 34.6 Å². The maximum atomic E-state index is 13.4. The van der Waals surface area contributed by atoms with Crippen molar-refractivity contribution in [1.82, 2.24) is 5.32 Å². The molecule has 0 fully saturated rings. The monoisotopic (exact) mass is 324 g/mol. The quantitative estimate of drug-likeness (QED) is 0.643. The summed E-state index contributed by atoms with van der Waals surface area (Å²) in [7, 11) is 0. The van der Waals surface area contributed by atoms with Gasteiger partial charge in [0.1, 0.15) is 18.9 Å². The zero-order chi connectivity index (χ0) is 10.7. The largest absolute Gasteiger partial charge is 1.00 e. The van der Waals surface area contributed by atoms with Crippen LogP contribution in [-0.2, 0) is 5.75 Å². The third-order valence-corrected chi connectivity index (χ3v) is 3.48. The fourth-order valence-corrected chi connectivity index (χ4v) is 2.63. The molecule has 2 N–H and O–H groups in total. The van der Waals surface area contributed by atoms with E-state index in [4.69, 9.17) is 11.6 Å². The first-order chi connectivity index (χ1) is 7.27. The summed E-state index contributed by atoms with van der Waals surface area (Å²) in [6.45, 7) is 1.85. The molecule has 2 rings (SSSR count). The van der Waals surface area contributed by atoms with Gasteiger partial charge in [0, 0.05) is 16.3 Å². The maximum Gasteiger partial charge on any atom is 0.304 e. The van der Waals surface area contributed by atoms with Crippen LogP contribution in [0.1, 0.15) is 5.56 Å². The molecule has 1 aromatic rings. The van der Waals surface area contributed by atoms with E-state index in [2.05, 4.69) is 10.3 Å². The van der Waals surface area contributed by atoms with Crippen LogP contribution in [0.3, 0.4) is 0 Å². The van der Waals surface area contributed by atoms with Gasteiger partial charge in [0.2, 0.25) is 0 Å². The highest BCUT2D eigenvalue weighted by atomic mass is 79.9. The highest BCUT2D eigenvalue weighted by molar-refractivity contribution is 8.12. The van der Waals surface area contributed by atoms with Crippen LogP contribution in [0.5, 0.6) is 0 Å². The van der Waals surface area contributed by atoms with Gasteiger partial charge < -0.3 is 17.0 Å². The third-order valence-electron chi connectivity index (χ3n) is 2.12. The predicted octanol–water partition coefficient (Wildman–Crippen LogP) is -2.24. The van der Waals surface area contributed by atoms with Crippen molar-refractivity contribution in [3.63, 3.8) is 0 Å². The van der Waals surface area contributed by atoms with Gasteiger partial charge in [-0.25, -0.2) is 4.39 Å². The number of hydrogen-bond donors (Lipinski definition) is 2. The van der Waals surface area contributed by atoms with Crippen molar-refractivity contribution in [2.75, 3.05) is 13.1 Å². The minimum Gasteiger partial charge on any atom is -1.00 e. The lowest BCUT2D eigenvalue weighted by molar-refractivity contribution is -0.441. The van der Waals surface area contributed by atoms with Crippen LogP contribution in [-0.4, -0.2) is 18.3 Å². The molecule has 0 radical (unpaired) electrons. The van der Waals surface area contributed by atoms with Crippen LogP contribution in [0.2, 0.25) is 5.02 Å². The van der Waals surface area contributed by atoms with Crippen molar-refractivity contribution in [1.29, 1.82) is 0 Å². The summed E-state index contributed by atoms with van der Waals surface area (Å²) in [5.74, 6) is 0.300. The SMILES string of the molecule is Fc1cccc(Cl)c1CSC1=[NH+]CCN1.[Br-]. The second-order valence-electron chi connectivity index (χ2n) is 3.17. The summed E-state index contributed by atoms with van der Waals surface area (Å²) in [6.07, 6.45) is 0. The van der Waals surface area contributed by atoms with Gasteiger partial charge in [-0.15, -0.1) is 0 Å². The Labute approximate surface area is 113 Å². The Morgan fingerprint density at radius 1 is 1.50 bits per heavy atom. The fraction of sp³-hybridized carbons (Fsp3) is 0.300. The molecule has 0 atom stereocenters. The molecule has 16 heavy (non-hydrogen) atoms. The van der Waals surface area contributed by atoms with Gasteiger partial charge in [0.05, 0.1) is 0 Å². The van der Waals surface area contributed by atoms with Crippen LogP contribution in [0, 0.1) is 5.82 Å². The average Bonchev–Trinajstić information content (AvgIpc) is 2.70. The van der Waals surface area contributed by atoms with Crippen LogP contribution in [0.4, 0.5) is 4.39 Å². The molecular formula is C10H11BrClFN2S. The Morgan fingerprint density at radius 2 is 2.31 bits per heavy atom. The summed E-state index contributed by atoms with van der Waals surface area (Å²) >= 11 is 7.45. The Kier molecular flexibility index (Phi) is 5.58. The van der Waals surface area contributed by atoms with Gasteiger partial charge in [-0.1, -0.05) is 17.7 Å². The van der Waals surface area contributed by atoms with Gasteiger partial charge in [0.25, 0.3) is 0 Å². The molecule has 6 heteroatoms. The van der Waals surface area contributed by atoms with Gasteiger partial charge in [-0.2, -0.15) is 0 Å². The van der Waals surface area contributed by atoms with Crippen molar-refractivity contribution >= 4 is 28.5 Å². The fourth-order valence-electron chi connectivity index (χ4n) is 1.33. The zero-order valence-corrected chi connectivity index (χ0v) is 11.6. The van der Waals surface area contributed by atoms with Crippen molar-refractivity contribution in [2.45, 2.75) is 5.75 Å². The molecule has 0 saturated heterocycles. The van der Waals surface area contributed by atoms with E-state index in [1.54, 1.807) is 12.1 Å². The first-order valence-corrected chi connectivity index (χ1v) is 6.04. The van der Waals surface area contributed by atoms with Crippen LogP contribution < -0.4 is 27.3 Å². The number of thioether (sulfide) groups is 1. The summed E-state index contributed by atoms with van der Waals surface area (Å²) in [4.78, 5) is 3.17. The van der Waals surface area contributed by atoms with Crippen molar-refractivity contribution in [3.8, 4) is 0 Å². The summed E-state index contributed by atoms with van der Waals surface area (Å²) in [5, 5.41) is 4.65. The number of nitrogens with one attached hydrogen (secondary N) is 2. The summed E-state index contributed by atoms with van der Waals surface area (Å²) < 4.78 is 13.4. The van der Waals surface area contributed by atoms with E-state index >= 15 is 0 Å². The molecule has 0 aliphatic carbocycles. The first-order valence-electron chi connectivity index (χ1n) is 4.68. The zero-order valence-electron chi connectivity index (χ0n) is 8.40. The summed E-state index contributed by atoms with van der Waals surface area (Å²) in [6, 6.07) is 4.76. The molecule has 0 amide bonds. The number of hydrogen-bond acceptors (Lipinski definition) is 2. The van der Waals surface area contributed by atoms with E-state index in [9.17, 15) is 4.39 Å². The molecule has 1 aromatic carbocycles. The minimum absolute atomic E-state index is 0. The predicted molar refractivity (Wildman–Crippen MR) is 61.5 cm³/mol. The minimum atomic E-state index is -0.242. The van der Waals surface area contributed by atoms with E-state index in [-0.39, 0.29) is 22.8 Å². The van der Waals surface area contributed by atoms with E-state index in [0.29, 0.717) is 16.3 Å². The van der Waals surface area contributed by atoms with Gasteiger partial charge in [-0.3, -0.25) is 10.3 Å². The highest BCUT2D eigenvalue weighted by Crippen LogP contribution is 2.23. The number of rotatable bonds is 2. The van der Waals surface area contributed by atoms with E-state index in [1.165, 1.54) is 17.8 Å². The number of benzene rings is 1. The van der Waals surface area contributed by atoms with Crippen LogP contribution in [0.15, 0.2) is 18.2 Å². The molecule has 0 aromatic heterocycles. The van der Waals surface area contributed by atoms with Crippen molar-refractivity contribution < 1.29 is 26.4 Å². The molecule has 1 aliphatic rings. The topological polar surface area (TPSA) is 26.0 Å². The molecule has 0 spiro atoms. The number of amidine groups is 1. The van der Waals surface area contributed by atoms with Gasteiger partial charge >= 0.3 is 5.17 Å². The Bertz CT molecular complexity index is 380. The van der Waals surface area contributed by atoms with Gasteiger partial charge in [-0.05, 0) is 23.9 Å². The molecule has 2 nitrogen and oxygen atoms in total. The summed E-state index contributed by atoms with van der Waals surface area (Å²) in [5.41, 5.74) is 0.562. The maximum absolute atomic E-state index is 13.4.